The van der Waals surface area contributed by atoms with Gasteiger partial charge in [0.2, 0.25) is 0 Å². The number of Topliss-reactive ketones (excluding diaryl/α,β-unsaturated/α-hetero) is 1. The van der Waals surface area contributed by atoms with Crippen LogP contribution < -0.4 is 0 Å². The highest BCUT2D eigenvalue weighted by atomic mass is 16.8. The maximum atomic E-state index is 14.8. The Morgan fingerprint density at radius 3 is 1.56 bits per heavy atom. The van der Waals surface area contributed by atoms with Crippen molar-refractivity contribution in [2.75, 3.05) is 33.0 Å². The van der Waals surface area contributed by atoms with Gasteiger partial charge in [-0.15, -0.1) is 0 Å². The summed E-state index contributed by atoms with van der Waals surface area (Å²) in [5.74, 6) is 1.20. The Morgan fingerprint density at radius 1 is 0.473 bits per heavy atom. The van der Waals surface area contributed by atoms with E-state index in [9.17, 15) is 86.5 Å². The summed E-state index contributed by atoms with van der Waals surface area (Å²) in [6.07, 6.45) is -46.5. The fourth-order valence-corrected chi connectivity index (χ4v) is 18.4. The molecule has 8 heterocycles. The lowest BCUT2D eigenvalue weighted by Crippen LogP contribution is -2.70. The second-order valence-electron chi connectivity index (χ2n) is 29.3. The summed E-state index contributed by atoms with van der Waals surface area (Å²) >= 11 is 0. The summed E-state index contributed by atoms with van der Waals surface area (Å²) in [7, 11) is 0. The van der Waals surface area contributed by atoms with Crippen LogP contribution in [0.3, 0.4) is 0 Å². The molecule has 8 saturated heterocycles. The third-order valence-corrected chi connectivity index (χ3v) is 24.0. The van der Waals surface area contributed by atoms with Crippen LogP contribution in [0.25, 0.3) is 0 Å². The molecule has 41 atom stereocenters. The zero-order chi connectivity index (χ0) is 66.8. The standard InChI is InChI=1S/C62H100O31/c1-21-9-12-62(81-19-21)22(2)36-31(93-62)14-29-27-8-7-25-13-26(10-11-60(25,5)28(27)15-35(67)61(29,36)6)84-57-47(78)42(73)49(32(16-63)85-57)88-58-48(79)43(74)50(33(17-64)86-58)89-59-53(92-54-44(75)39(70)30(66)20-80-54)52(91-56-46(77)41(72)38(69)24(4)83-56)51(34(18-65)87-59)90-55-45(76)40(71)37(68)23(3)82-55/h21-34,36-59,63-66,68-79H,7-20H2,1-6H3/t21-,22+,23+,24+,25-,26-,27+,28+,29-,30+,31+,32+,33+,34+,36+,37+,38+,39-,40-,41-,42+,43+,44+,45+,46+,47+,48+,49+,50+,51+,52-,53+,54-,55-,56-,57+,58-,59-,60+,61-,62+/m1/s1. The Hall–Kier alpha value is -1.53. The molecule has 31 heteroatoms. The molecular weight excluding hydrogens is 1240 g/mol. The number of ether oxygens (including phenoxy) is 14. The number of aliphatic hydroxyl groups excluding tert-OH is 16. The van der Waals surface area contributed by atoms with Crippen molar-refractivity contribution in [3.63, 3.8) is 0 Å². The van der Waals surface area contributed by atoms with Gasteiger partial charge in [0, 0.05) is 30.1 Å². The zero-order valence-electron chi connectivity index (χ0n) is 53.1. The first-order chi connectivity index (χ1) is 44.1. The molecule has 8 aliphatic heterocycles. The number of aliphatic hydroxyl groups is 16. The molecule has 16 N–H and O–H groups in total. The molecule has 0 bridgehead atoms. The van der Waals surface area contributed by atoms with Gasteiger partial charge in [-0.2, -0.15) is 0 Å². The lowest BCUT2D eigenvalue weighted by molar-refractivity contribution is -0.417. The van der Waals surface area contributed by atoms with Gasteiger partial charge < -0.3 is 148 Å². The van der Waals surface area contributed by atoms with Crippen LogP contribution in [0.2, 0.25) is 0 Å². The van der Waals surface area contributed by atoms with Crippen LogP contribution in [0.4, 0.5) is 0 Å². The molecule has 4 aliphatic carbocycles. The van der Waals surface area contributed by atoms with Gasteiger partial charge in [-0.3, -0.25) is 4.79 Å². The molecule has 4 saturated carbocycles. The van der Waals surface area contributed by atoms with Gasteiger partial charge >= 0.3 is 0 Å². The van der Waals surface area contributed by atoms with Crippen LogP contribution in [-0.2, 0) is 71.1 Å². The summed E-state index contributed by atoms with van der Waals surface area (Å²) < 4.78 is 86.2. The van der Waals surface area contributed by atoms with Crippen LogP contribution in [0.15, 0.2) is 0 Å². The Morgan fingerprint density at radius 2 is 0.978 bits per heavy atom. The van der Waals surface area contributed by atoms with E-state index in [0.29, 0.717) is 43.5 Å². The van der Waals surface area contributed by atoms with Gasteiger partial charge in [-0.25, -0.2) is 0 Å². The fraction of sp³-hybridized carbons (Fsp3) is 0.984. The predicted octanol–water partition coefficient (Wildman–Crippen LogP) is -5.39. The first-order valence-corrected chi connectivity index (χ1v) is 33.4. The number of rotatable bonds is 15. The minimum Gasteiger partial charge on any atom is -0.394 e. The fourth-order valence-electron chi connectivity index (χ4n) is 18.4. The topological polar surface area (TPSA) is 470 Å². The lowest BCUT2D eigenvalue weighted by atomic mass is 9.44. The number of carbonyl (C=O) groups is 1. The summed E-state index contributed by atoms with van der Waals surface area (Å²) in [6, 6.07) is 0. The van der Waals surface area contributed by atoms with E-state index in [1.807, 2.05) is 0 Å². The number of carbonyl (C=O) groups excluding carboxylic acids is 1. The Balaban J connectivity index is 0.723. The van der Waals surface area contributed by atoms with Crippen molar-refractivity contribution in [1.29, 1.82) is 0 Å². The van der Waals surface area contributed by atoms with Crippen molar-refractivity contribution < 1.29 is 153 Å². The van der Waals surface area contributed by atoms with Crippen LogP contribution >= 0.6 is 0 Å². The molecule has 12 fully saturated rings. The Labute approximate surface area is 537 Å². The number of hydrogen-bond acceptors (Lipinski definition) is 31. The van der Waals surface area contributed by atoms with Crippen molar-refractivity contribution in [2.45, 2.75) is 295 Å². The molecule has 0 radical (unpaired) electrons. The third-order valence-electron chi connectivity index (χ3n) is 24.0. The number of hydrogen-bond donors (Lipinski definition) is 16. The maximum Gasteiger partial charge on any atom is 0.187 e. The van der Waals surface area contributed by atoms with E-state index in [1.165, 1.54) is 13.8 Å². The second-order valence-corrected chi connectivity index (χ2v) is 29.3. The second kappa shape index (κ2) is 27.8. The molecular formula is C62H100O31. The van der Waals surface area contributed by atoms with E-state index in [4.69, 9.17) is 66.3 Å². The van der Waals surface area contributed by atoms with E-state index in [0.717, 1.165) is 38.5 Å². The molecule has 12 rings (SSSR count). The first-order valence-electron chi connectivity index (χ1n) is 33.4. The average Bonchev–Trinajstić information content (AvgIpc) is 1.55. The molecule has 0 aromatic heterocycles. The van der Waals surface area contributed by atoms with E-state index >= 15 is 0 Å². The Kier molecular flexibility index (Phi) is 21.3. The van der Waals surface area contributed by atoms with E-state index in [2.05, 4.69) is 27.7 Å². The number of fused-ring (bicyclic) bond motifs is 7. The maximum absolute atomic E-state index is 14.8. The summed E-state index contributed by atoms with van der Waals surface area (Å²) in [4.78, 5) is 14.8. The van der Waals surface area contributed by atoms with Crippen molar-refractivity contribution in [3.8, 4) is 0 Å². The first kappa shape index (κ1) is 71.3. The monoisotopic (exact) mass is 1340 g/mol. The van der Waals surface area contributed by atoms with E-state index in [-0.39, 0.29) is 41.1 Å². The van der Waals surface area contributed by atoms with Gasteiger partial charge in [0.05, 0.1) is 57.5 Å². The molecule has 31 nitrogen and oxygen atoms in total. The quantitative estimate of drug-likeness (QED) is 0.0681. The highest BCUT2D eigenvalue weighted by Crippen LogP contribution is 2.70. The largest absolute Gasteiger partial charge is 0.394 e. The summed E-state index contributed by atoms with van der Waals surface area (Å²) in [5, 5.41) is 177. The summed E-state index contributed by atoms with van der Waals surface area (Å²) in [5.41, 5.74) is -0.680. The molecule has 0 aromatic rings. The predicted molar refractivity (Wildman–Crippen MR) is 305 cm³/mol. The molecule has 0 amide bonds. The van der Waals surface area contributed by atoms with Gasteiger partial charge in [-0.05, 0) is 93.8 Å². The molecule has 1 spiro atoms. The average molecular weight is 1340 g/mol. The van der Waals surface area contributed by atoms with Gasteiger partial charge in [0.25, 0.3) is 0 Å². The molecule has 0 aromatic carbocycles. The summed E-state index contributed by atoms with van der Waals surface area (Å²) in [6.45, 7) is 8.71. The lowest BCUT2D eigenvalue weighted by Gasteiger charge is -2.60. The van der Waals surface area contributed by atoms with Crippen LogP contribution in [-0.4, -0.2) is 317 Å². The third kappa shape index (κ3) is 12.6. The van der Waals surface area contributed by atoms with Crippen molar-refractivity contribution in [2.24, 2.45) is 52.3 Å². The van der Waals surface area contributed by atoms with E-state index < -0.39 is 222 Å². The minimum atomic E-state index is -2.18. The van der Waals surface area contributed by atoms with E-state index in [1.54, 1.807) is 0 Å². The van der Waals surface area contributed by atoms with Crippen molar-refractivity contribution in [3.05, 3.63) is 0 Å². The normalized spacial score (nSPS) is 57.5. The van der Waals surface area contributed by atoms with Gasteiger partial charge in [0.15, 0.2) is 43.5 Å². The minimum absolute atomic E-state index is 0.0336. The van der Waals surface area contributed by atoms with Crippen LogP contribution in [0.1, 0.15) is 99.3 Å². The molecule has 534 valence electrons. The van der Waals surface area contributed by atoms with Gasteiger partial charge in [-0.1, -0.05) is 27.7 Å². The zero-order valence-corrected chi connectivity index (χ0v) is 53.1. The SMILES string of the molecule is C[C@@H]1CC[C@]2(OC1)O[C@H]1C[C@@H]3[C@H]4CC[C@@H]5C[C@H](O[C@H]6O[C@@H](CO)[C@H](O[C@H]7O[C@@H](CO)[C@H](O[C@H]8O[C@@H](CO)[C@H](O[C@H]9O[C@@H](C)[C@H](O)[C@@H](O)[C@@H]9O)[C@@H](O[C@H]9O[C@@H](C)[C@H](O)[C@@H](O)[C@@H]9O)[C@@H]8O[C@H]8OC[C@H](O)[C@@H](O)[C@@H]8O)[C@@H](O)[C@@H]7O)[C@@H](O)[C@@H]6O)CC[C@]5(C)[C@H]4CC(=O)[C@]3(C)[C@H]1[C@@H]2C. The van der Waals surface area contributed by atoms with Crippen molar-refractivity contribution in [1.82, 2.24) is 0 Å². The highest BCUT2D eigenvalue weighted by Gasteiger charge is 2.72. The molecule has 12 aliphatic rings. The van der Waals surface area contributed by atoms with Crippen LogP contribution in [0.5, 0.6) is 0 Å². The van der Waals surface area contributed by atoms with Crippen molar-refractivity contribution >= 4 is 5.78 Å². The molecule has 93 heavy (non-hydrogen) atoms. The van der Waals surface area contributed by atoms with Gasteiger partial charge in [0.1, 0.15) is 134 Å². The van der Waals surface area contributed by atoms with Crippen LogP contribution in [0, 0.1) is 52.3 Å². The number of ketones is 1. The molecule has 0 unspecified atom stereocenters. The Bertz CT molecular complexity index is 2520. The highest BCUT2D eigenvalue weighted by molar-refractivity contribution is 5.87. The smallest absolute Gasteiger partial charge is 0.187 e.